The van der Waals surface area contributed by atoms with Crippen LogP contribution in [-0.2, 0) is 9.53 Å². The van der Waals surface area contributed by atoms with Crippen LogP contribution in [-0.4, -0.2) is 18.5 Å². The first-order chi connectivity index (χ1) is 11.4. The van der Waals surface area contributed by atoms with Crippen molar-refractivity contribution in [3.8, 4) is 0 Å². The van der Waals surface area contributed by atoms with Gasteiger partial charge in [0, 0.05) is 5.69 Å². The average Bonchev–Trinajstić information content (AvgIpc) is 2.55. The number of halogens is 2. The first-order valence-electron chi connectivity index (χ1n) is 7.39. The molecule has 0 aliphatic heterocycles. The van der Waals surface area contributed by atoms with Gasteiger partial charge in [0.2, 0.25) is 0 Å². The predicted molar refractivity (Wildman–Crippen MR) is 90.9 cm³/mol. The molecule has 0 unspecified atom stereocenters. The van der Waals surface area contributed by atoms with Gasteiger partial charge in [-0.05, 0) is 41.8 Å². The van der Waals surface area contributed by atoms with Gasteiger partial charge in [-0.15, -0.1) is 0 Å². The number of rotatable bonds is 5. The molecular formula is C18H17ClFNO3. The zero-order chi connectivity index (χ0) is 17.7. The van der Waals surface area contributed by atoms with Crippen molar-refractivity contribution in [2.24, 2.45) is 0 Å². The highest BCUT2D eigenvalue weighted by atomic mass is 35.5. The molecular weight excluding hydrogens is 333 g/mol. The molecule has 0 saturated heterocycles. The van der Waals surface area contributed by atoms with Crippen LogP contribution in [0.1, 0.15) is 35.7 Å². The van der Waals surface area contributed by atoms with Gasteiger partial charge in [0.15, 0.2) is 6.61 Å². The molecule has 0 heterocycles. The standard InChI is InChI=1S/C18H17ClFNO3/c1-11(2)12-4-3-5-14(8-12)21-17(22)10-24-18(23)15-9-13(20)6-7-16(15)19/h3-9,11H,10H2,1-2H3,(H,21,22). The quantitative estimate of drug-likeness (QED) is 0.814. The highest BCUT2D eigenvalue weighted by Crippen LogP contribution is 2.19. The van der Waals surface area contributed by atoms with Gasteiger partial charge < -0.3 is 10.1 Å². The van der Waals surface area contributed by atoms with E-state index in [2.05, 4.69) is 5.32 Å². The van der Waals surface area contributed by atoms with Crippen molar-refractivity contribution in [2.45, 2.75) is 19.8 Å². The normalized spacial score (nSPS) is 10.5. The molecule has 0 fully saturated rings. The molecule has 1 amide bonds. The summed E-state index contributed by atoms with van der Waals surface area (Å²) < 4.78 is 18.0. The van der Waals surface area contributed by atoms with E-state index in [0.29, 0.717) is 11.6 Å². The Kier molecular flexibility index (Phi) is 5.93. The molecule has 0 aromatic heterocycles. The number of esters is 1. The summed E-state index contributed by atoms with van der Waals surface area (Å²) in [6.45, 7) is 3.61. The molecule has 2 aromatic rings. The number of carbonyl (C=O) groups excluding carboxylic acids is 2. The maximum absolute atomic E-state index is 13.2. The van der Waals surface area contributed by atoms with Crippen molar-refractivity contribution in [2.75, 3.05) is 11.9 Å². The number of carbonyl (C=O) groups is 2. The monoisotopic (exact) mass is 349 g/mol. The smallest absolute Gasteiger partial charge is 0.340 e. The zero-order valence-electron chi connectivity index (χ0n) is 13.3. The molecule has 0 saturated carbocycles. The lowest BCUT2D eigenvalue weighted by atomic mass is 10.0. The van der Waals surface area contributed by atoms with Crippen LogP contribution in [0.5, 0.6) is 0 Å². The van der Waals surface area contributed by atoms with Crippen molar-refractivity contribution in [1.29, 1.82) is 0 Å². The van der Waals surface area contributed by atoms with Crippen molar-refractivity contribution >= 4 is 29.2 Å². The van der Waals surface area contributed by atoms with Gasteiger partial charge in [0.1, 0.15) is 5.82 Å². The fraction of sp³-hybridized carbons (Fsp3) is 0.222. The van der Waals surface area contributed by atoms with E-state index >= 15 is 0 Å². The van der Waals surface area contributed by atoms with E-state index in [-0.39, 0.29) is 10.6 Å². The average molecular weight is 350 g/mol. The molecule has 0 aliphatic rings. The maximum Gasteiger partial charge on any atom is 0.340 e. The number of hydrogen-bond acceptors (Lipinski definition) is 3. The Morgan fingerprint density at radius 3 is 2.67 bits per heavy atom. The molecule has 0 bridgehead atoms. The van der Waals surface area contributed by atoms with E-state index in [1.165, 1.54) is 6.07 Å². The number of benzene rings is 2. The second-order valence-electron chi connectivity index (χ2n) is 5.53. The van der Waals surface area contributed by atoms with E-state index in [1.807, 2.05) is 32.0 Å². The lowest BCUT2D eigenvalue weighted by Gasteiger charge is -2.10. The van der Waals surface area contributed by atoms with E-state index in [1.54, 1.807) is 6.07 Å². The molecule has 2 rings (SSSR count). The lowest BCUT2D eigenvalue weighted by molar-refractivity contribution is -0.119. The molecule has 4 nitrogen and oxygen atoms in total. The van der Waals surface area contributed by atoms with Gasteiger partial charge in [-0.25, -0.2) is 9.18 Å². The van der Waals surface area contributed by atoms with Crippen LogP contribution in [0.3, 0.4) is 0 Å². The summed E-state index contributed by atoms with van der Waals surface area (Å²) in [5, 5.41) is 2.71. The van der Waals surface area contributed by atoms with Crippen LogP contribution in [0.4, 0.5) is 10.1 Å². The fourth-order valence-corrected chi connectivity index (χ4v) is 2.23. The molecule has 126 valence electrons. The van der Waals surface area contributed by atoms with Gasteiger partial charge in [0.05, 0.1) is 10.6 Å². The van der Waals surface area contributed by atoms with E-state index < -0.39 is 24.3 Å². The Balaban J connectivity index is 1.94. The van der Waals surface area contributed by atoms with E-state index in [4.69, 9.17) is 16.3 Å². The summed E-state index contributed by atoms with van der Waals surface area (Å²) in [4.78, 5) is 23.8. The third-order valence-corrected chi connectivity index (χ3v) is 3.65. The first kappa shape index (κ1) is 17.9. The Morgan fingerprint density at radius 1 is 1.21 bits per heavy atom. The molecule has 0 spiro atoms. The summed E-state index contributed by atoms with van der Waals surface area (Å²) >= 11 is 5.82. The van der Waals surface area contributed by atoms with Crippen LogP contribution < -0.4 is 5.32 Å². The predicted octanol–water partition coefficient (Wildman–Crippen LogP) is 4.40. The molecule has 6 heteroatoms. The van der Waals surface area contributed by atoms with Crippen molar-refractivity contribution in [1.82, 2.24) is 0 Å². The summed E-state index contributed by atoms with van der Waals surface area (Å²) in [6.07, 6.45) is 0. The van der Waals surface area contributed by atoms with Crippen LogP contribution in [0.25, 0.3) is 0 Å². The van der Waals surface area contributed by atoms with E-state index in [0.717, 1.165) is 17.7 Å². The Hall–Kier alpha value is -2.40. The van der Waals surface area contributed by atoms with Crippen LogP contribution in [0.15, 0.2) is 42.5 Å². The summed E-state index contributed by atoms with van der Waals surface area (Å²) in [5.41, 5.74) is 1.58. The van der Waals surface area contributed by atoms with Gasteiger partial charge in [0.25, 0.3) is 5.91 Å². The minimum absolute atomic E-state index is 0.0615. The second-order valence-corrected chi connectivity index (χ2v) is 5.94. The van der Waals surface area contributed by atoms with Crippen LogP contribution in [0.2, 0.25) is 5.02 Å². The fourth-order valence-electron chi connectivity index (χ4n) is 2.04. The van der Waals surface area contributed by atoms with Crippen LogP contribution >= 0.6 is 11.6 Å². The van der Waals surface area contributed by atoms with Crippen LogP contribution in [0, 0.1) is 5.82 Å². The van der Waals surface area contributed by atoms with Crippen molar-refractivity contribution < 1.29 is 18.7 Å². The number of nitrogens with one attached hydrogen (secondary N) is 1. The lowest BCUT2D eigenvalue weighted by Crippen LogP contribution is -2.21. The number of amides is 1. The largest absolute Gasteiger partial charge is 0.452 e. The molecule has 1 N–H and O–H groups in total. The summed E-state index contributed by atoms with van der Waals surface area (Å²) in [6, 6.07) is 10.8. The molecule has 2 aromatic carbocycles. The number of hydrogen-bond donors (Lipinski definition) is 1. The van der Waals surface area contributed by atoms with Crippen molar-refractivity contribution in [3.05, 3.63) is 64.4 Å². The minimum Gasteiger partial charge on any atom is -0.452 e. The highest BCUT2D eigenvalue weighted by Gasteiger charge is 2.15. The molecule has 0 aliphatic carbocycles. The SMILES string of the molecule is CC(C)c1cccc(NC(=O)COC(=O)c2cc(F)ccc2Cl)c1. The Labute approximate surface area is 144 Å². The highest BCUT2D eigenvalue weighted by molar-refractivity contribution is 6.33. The van der Waals surface area contributed by atoms with Gasteiger partial charge in [-0.3, -0.25) is 4.79 Å². The summed E-state index contributed by atoms with van der Waals surface area (Å²) in [5.74, 6) is -1.63. The van der Waals surface area contributed by atoms with Crippen molar-refractivity contribution in [3.63, 3.8) is 0 Å². The summed E-state index contributed by atoms with van der Waals surface area (Å²) in [7, 11) is 0. The number of anilines is 1. The van der Waals surface area contributed by atoms with Gasteiger partial charge in [-0.2, -0.15) is 0 Å². The third kappa shape index (κ3) is 4.80. The second kappa shape index (κ2) is 7.93. The molecule has 0 radical (unpaired) electrons. The van der Waals surface area contributed by atoms with Gasteiger partial charge in [-0.1, -0.05) is 37.6 Å². The zero-order valence-corrected chi connectivity index (χ0v) is 14.1. The Bertz CT molecular complexity index is 762. The topological polar surface area (TPSA) is 55.4 Å². The molecule has 24 heavy (non-hydrogen) atoms. The first-order valence-corrected chi connectivity index (χ1v) is 7.76. The van der Waals surface area contributed by atoms with Gasteiger partial charge >= 0.3 is 5.97 Å². The minimum atomic E-state index is -0.856. The molecule has 0 atom stereocenters. The van der Waals surface area contributed by atoms with E-state index in [9.17, 15) is 14.0 Å². The Morgan fingerprint density at radius 2 is 1.96 bits per heavy atom. The maximum atomic E-state index is 13.2. The third-order valence-electron chi connectivity index (χ3n) is 3.32. The number of ether oxygens (including phenoxy) is 1.